The van der Waals surface area contributed by atoms with Crippen molar-refractivity contribution < 1.29 is 14.3 Å². The van der Waals surface area contributed by atoms with Gasteiger partial charge in [-0.1, -0.05) is 30.3 Å². The monoisotopic (exact) mass is 360 g/mol. The van der Waals surface area contributed by atoms with Crippen LogP contribution in [-0.4, -0.2) is 39.5 Å². The Labute approximate surface area is 150 Å². The molecular weight excluding hydrogens is 340 g/mol. The molecule has 0 fully saturated rings. The number of carbonyl (C=O) groups is 2. The molecule has 1 N–H and O–H groups in total. The fourth-order valence-corrected chi connectivity index (χ4v) is 3.54. The van der Waals surface area contributed by atoms with Gasteiger partial charge in [0.05, 0.1) is 24.1 Å². The Kier molecular flexibility index (Phi) is 5.70. The van der Waals surface area contributed by atoms with Crippen LogP contribution in [-0.2, 0) is 22.5 Å². The van der Waals surface area contributed by atoms with Gasteiger partial charge in [-0.15, -0.1) is 10.2 Å². The zero-order valence-electron chi connectivity index (χ0n) is 14.0. The number of para-hydroxylation sites is 1. The average Bonchev–Trinajstić information content (AvgIpc) is 2.86. The van der Waals surface area contributed by atoms with Gasteiger partial charge < -0.3 is 14.6 Å². The minimum Gasteiger partial charge on any atom is -0.465 e. The molecule has 2 aromatic rings. The van der Waals surface area contributed by atoms with Gasteiger partial charge in [-0.05, 0) is 25.0 Å². The number of methoxy groups -OCH3 is 1. The van der Waals surface area contributed by atoms with Crippen LogP contribution in [0.1, 0.15) is 35.4 Å². The molecule has 0 saturated heterocycles. The highest BCUT2D eigenvalue weighted by Gasteiger charge is 2.17. The van der Waals surface area contributed by atoms with E-state index in [9.17, 15) is 9.59 Å². The summed E-state index contributed by atoms with van der Waals surface area (Å²) in [5.41, 5.74) is 0.778. The zero-order valence-corrected chi connectivity index (χ0v) is 14.8. The van der Waals surface area contributed by atoms with E-state index in [0.29, 0.717) is 11.3 Å². The lowest BCUT2D eigenvalue weighted by atomic mass is 10.2. The van der Waals surface area contributed by atoms with Crippen molar-refractivity contribution in [2.75, 3.05) is 18.2 Å². The Balaban J connectivity index is 1.63. The lowest BCUT2D eigenvalue weighted by Gasteiger charge is -2.10. The quantitative estimate of drug-likeness (QED) is 0.651. The van der Waals surface area contributed by atoms with E-state index in [4.69, 9.17) is 4.74 Å². The third-order valence-corrected chi connectivity index (χ3v) is 4.98. The molecule has 0 saturated carbocycles. The summed E-state index contributed by atoms with van der Waals surface area (Å²) < 4.78 is 6.84. The van der Waals surface area contributed by atoms with E-state index >= 15 is 0 Å². The maximum Gasteiger partial charge on any atom is 0.339 e. The highest BCUT2D eigenvalue weighted by molar-refractivity contribution is 7.99. The molecular formula is C17H20N4O3S. The number of benzene rings is 1. The van der Waals surface area contributed by atoms with Crippen LogP contribution in [0.25, 0.3) is 0 Å². The van der Waals surface area contributed by atoms with E-state index in [1.54, 1.807) is 24.3 Å². The second-order valence-corrected chi connectivity index (χ2v) is 6.68. The van der Waals surface area contributed by atoms with Gasteiger partial charge in [-0.25, -0.2) is 4.79 Å². The first kappa shape index (κ1) is 17.5. The Hall–Kier alpha value is -2.35. The van der Waals surface area contributed by atoms with Crippen LogP contribution < -0.4 is 5.32 Å². The number of amides is 1. The number of nitrogens with zero attached hydrogens (tertiary/aromatic N) is 3. The highest BCUT2D eigenvalue weighted by Crippen LogP contribution is 2.22. The molecule has 25 heavy (non-hydrogen) atoms. The number of esters is 1. The smallest absolute Gasteiger partial charge is 0.339 e. The van der Waals surface area contributed by atoms with Crippen molar-refractivity contribution in [3.63, 3.8) is 0 Å². The fourth-order valence-electron chi connectivity index (χ4n) is 2.76. The van der Waals surface area contributed by atoms with Crippen molar-refractivity contribution in [3.05, 3.63) is 35.7 Å². The van der Waals surface area contributed by atoms with E-state index in [2.05, 4.69) is 20.1 Å². The third kappa shape index (κ3) is 4.19. The van der Waals surface area contributed by atoms with Crippen molar-refractivity contribution in [2.24, 2.45) is 0 Å². The molecule has 132 valence electrons. The molecule has 0 unspecified atom stereocenters. The van der Waals surface area contributed by atoms with Gasteiger partial charge in [0.1, 0.15) is 5.82 Å². The molecule has 3 rings (SSSR count). The van der Waals surface area contributed by atoms with Crippen LogP contribution >= 0.6 is 11.8 Å². The topological polar surface area (TPSA) is 86.1 Å². The predicted octanol–water partition coefficient (Wildman–Crippen LogP) is 2.52. The summed E-state index contributed by atoms with van der Waals surface area (Å²) in [4.78, 5) is 24.0. The number of nitrogens with one attached hydrogen (secondary N) is 1. The first-order chi connectivity index (χ1) is 12.2. The first-order valence-corrected chi connectivity index (χ1v) is 9.19. The van der Waals surface area contributed by atoms with Gasteiger partial charge in [0, 0.05) is 13.0 Å². The van der Waals surface area contributed by atoms with Gasteiger partial charge in [0.15, 0.2) is 5.16 Å². The Bertz CT molecular complexity index is 775. The number of ether oxygens (including phenoxy) is 1. The van der Waals surface area contributed by atoms with Gasteiger partial charge in [-0.3, -0.25) is 4.79 Å². The van der Waals surface area contributed by atoms with E-state index in [1.165, 1.54) is 25.3 Å². The van der Waals surface area contributed by atoms with Crippen LogP contribution in [0.2, 0.25) is 0 Å². The van der Waals surface area contributed by atoms with Crippen molar-refractivity contribution in [3.8, 4) is 0 Å². The molecule has 0 spiro atoms. The Morgan fingerprint density at radius 1 is 1.24 bits per heavy atom. The molecule has 1 amide bonds. The van der Waals surface area contributed by atoms with Crippen LogP contribution in [0.5, 0.6) is 0 Å². The second kappa shape index (κ2) is 8.15. The number of anilines is 1. The molecule has 0 aliphatic carbocycles. The molecule has 1 aromatic carbocycles. The molecule has 8 heteroatoms. The predicted molar refractivity (Wildman–Crippen MR) is 94.7 cm³/mol. The maximum absolute atomic E-state index is 12.3. The highest BCUT2D eigenvalue weighted by atomic mass is 32.2. The zero-order chi connectivity index (χ0) is 17.6. The molecule has 0 radical (unpaired) electrons. The Morgan fingerprint density at radius 2 is 2.08 bits per heavy atom. The van der Waals surface area contributed by atoms with E-state index in [1.807, 2.05) is 0 Å². The van der Waals surface area contributed by atoms with Crippen LogP contribution in [0.4, 0.5) is 5.69 Å². The molecule has 7 nitrogen and oxygen atoms in total. The van der Waals surface area contributed by atoms with Crippen LogP contribution in [0.3, 0.4) is 0 Å². The van der Waals surface area contributed by atoms with Crippen molar-refractivity contribution in [1.82, 2.24) is 14.8 Å². The summed E-state index contributed by atoms with van der Waals surface area (Å²) in [6.45, 7) is 0.900. The molecule has 2 heterocycles. The van der Waals surface area contributed by atoms with Crippen molar-refractivity contribution in [1.29, 1.82) is 0 Å². The minimum atomic E-state index is -0.480. The number of rotatable bonds is 5. The SMILES string of the molecule is COC(=O)c1ccccc1NC(=O)CSc1nnc2n1CCCCC2. The summed E-state index contributed by atoms with van der Waals surface area (Å²) in [7, 11) is 1.31. The normalized spacial score (nSPS) is 13.6. The molecule has 1 aromatic heterocycles. The van der Waals surface area contributed by atoms with Crippen molar-refractivity contribution in [2.45, 2.75) is 37.4 Å². The number of carbonyl (C=O) groups excluding carboxylic acids is 2. The molecule has 1 aliphatic heterocycles. The minimum absolute atomic E-state index is 0.202. The van der Waals surface area contributed by atoms with Crippen molar-refractivity contribution >= 4 is 29.3 Å². The maximum atomic E-state index is 12.3. The fraction of sp³-hybridized carbons (Fsp3) is 0.412. The number of thioether (sulfide) groups is 1. The summed E-state index contributed by atoms with van der Waals surface area (Å²) in [6, 6.07) is 6.78. The summed E-state index contributed by atoms with van der Waals surface area (Å²) >= 11 is 1.36. The number of fused-ring (bicyclic) bond motifs is 1. The molecule has 0 atom stereocenters. The van der Waals surface area contributed by atoms with Gasteiger partial charge in [0.2, 0.25) is 5.91 Å². The molecule has 1 aliphatic rings. The van der Waals surface area contributed by atoms with E-state index in [-0.39, 0.29) is 11.7 Å². The average molecular weight is 360 g/mol. The number of aromatic nitrogens is 3. The van der Waals surface area contributed by atoms with Gasteiger partial charge in [0.25, 0.3) is 0 Å². The van der Waals surface area contributed by atoms with Crippen LogP contribution in [0.15, 0.2) is 29.4 Å². The second-order valence-electron chi connectivity index (χ2n) is 5.74. The standard InChI is InChI=1S/C17H20N4O3S/c1-24-16(23)12-7-4-5-8-13(12)18-15(22)11-25-17-20-19-14-9-3-2-6-10-21(14)17/h4-5,7-8H,2-3,6,9-11H2,1H3,(H,18,22). The third-order valence-electron chi connectivity index (χ3n) is 4.01. The Morgan fingerprint density at radius 3 is 2.92 bits per heavy atom. The van der Waals surface area contributed by atoms with E-state index < -0.39 is 5.97 Å². The number of hydrogen-bond donors (Lipinski definition) is 1. The summed E-state index contributed by atoms with van der Waals surface area (Å²) in [6.07, 6.45) is 4.37. The van der Waals surface area contributed by atoms with Crippen LogP contribution in [0, 0.1) is 0 Å². The summed E-state index contributed by atoms with van der Waals surface area (Å²) in [5.74, 6) is 0.517. The van der Waals surface area contributed by atoms with Gasteiger partial charge >= 0.3 is 5.97 Å². The lowest BCUT2D eigenvalue weighted by molar-refractivity contribution is -0.113. The lowest BCUT2D eigenvalue weighted by Crippen LogP contribution is -2.17. The van der Waals surface area contributed by atoms with E-state index in [0.717, 1.165) is 36.8 Å². The molecule has 0 bridgehead atoms. The van der Waals surface area contributed by atoms with Gasteiger partial charge in [-0.2, -0.15) is 0 Å². The number of aryl methyl sites for hydroxylation is 1. The number of hydrogen-bond acceptors (Lipinski definition) is 6. The largest absolute Gasteiger partial charge is 0.465 e. The summed E-state index contributed by atoms with van der Waals surface area (Å²) in [5, 5.41) is 12.0. The first-order valence-electron chi connectivity index (χ1n) is 8.21.